The second-order valence-corrected chi connectivity index (χ2v) is 17.6. The molecule has 0 saturated carbocycles. The molecular formula is C30H30N2OP2S2. The van der Waals surface area contributed by atoms with Crippen LogP contribution in [0.3, 0.4) is 0 Å². The zero-order chi connectivity index (χ0) is 25.8. The molecule has 4 aromatic rings. The van der Waals surface area contributed by atoms with Gasteiger partial charge in [-0.3, -0.25) is 0 Å². The van der Waals surface area contributed by atoms with E-state index in [-0.39, 0.29) is 0 Å². The molecule has 4 unspecified atom stereocenters. The maximum Gasteiger partial charge on any atom is 0.171 e. The molecule has 0 saturated heterocycles. The highest BCUT2D eigenvalue weighted by molar-refractivity contribution is 8.01. The van der Waals surface area contributed by atoms with Crippen molar-refractivity contribution in [1.82, 2.24) is 0 Å². The molecule has 4 N–H and O–H groups in total. The van der Waals surface area contributed by atoms with Crippen LogP contribution in [-0.4, -0.2) is 15.9 Å². The second-order valence-electron chi connectivity index (χ2n) is 9.88. The van der Waals surface area contributed by atoms with Crippen LogP contribution in [-0.2, 0) is 17.6 Å². The summed E-state index contributed by atoms with van der Waals surface area (Å²) in [5.41, 5.74) is 16.8. The Hall–Kier alpha value is -2.00. The highest BCUT2D eigenvalue weighted by Gasteiger charge is 2.41. The van der Waals surface area contributed by atoms with Crippen molar-refractivity contribution in [3.05, 3.63) is 84.4 Å². The van der Waals surface area contributed by atoms with Crippen LogP contribution in [0.25, 0.3) is 0 Å². The number of fused-ring (bicyclic) bond motifs is 4. The van der Waals surface area contributed by atoms with Gasteiger partial charge < -0.3 is 16.0 Å². The summed E-state index contributed by atoms with van der Waals surface area (Å²) in [5, 5.41) is 5.01. The summed E-state index contributed by atoms with van der Waals surface area (Å²) >= 11 is 0.568. The molecule has 2 aliphatic heterocycles. The average Bonchev–Trinajstić information content (AvgIpc) is 2.89. The number of nitrogen functional groups attached to an aromatic ring is 2. The van der Waals surface area contributed by atoms with E-state index in [0.717, 1.165) is 38.5 Å². The first kappa shape index (κ1) is 25.3. The summed E-state index contributed by atoms with van der Waals surface area (Å²) in [7, 11) is -1.38. The van der Waals surface area contributed by atoms with Crippen molar-refractivity contribution in [2.24, 2.45) is 0 Å². The summed E-state index contributed by atoms with van der Waals surface area (Å²) in [6.45, 7) is 6.85. The van der Waals surface area contributed by atoms with Crippen LogP contribution in [0.2, 0.25) is 0 Å². The maximum atomic E-state index is 14.1. The van der Waals surface area contributed by atoms with Gasteiger partial charge in [0.15, 0.2) is 9.79 Å². The highest BCUT2D eigenvalue weighted by Crippen LogP contribution is 2.53. The van der Waals surface area contributed by atoms with E-state index < -0.39 is 27.0 Å². The fourth-order valence-electron chi connectivity index (χ4n) is 5.55. The van der Waals surface area contributed by atoms with Gasteiger partial charge in [0.1, 0.15) is 0 Å². The predicted molar refractivity (Wildman–Crippen MR) is 164 cm³/mol. The Morgan fingerprint density at radius 1 is 0.757 bits per heavy atom. The minimum atomic E-state index is -1.25. The molecule has 2 heterocycles. The highest BCUT2D eigenvalue weighted by atomic mass is 32.2. The molecular weight excluding hydrogens is 530 g/mol. The fraction of sp³-hybridized carbons (Fsp3) is 0.200. The van der Waals surface area contributed by atoms with Crippen molar-refractivity contribution >= 4 is 71.4 Å². The Bertz CT molecular complexity index is 1510. The first-order chi connectivity index (χ1) is 17.9. The van der Waals surface area contributed by atoms with Crippen molar-refractivity contribution < 1.29 is 4.55 Å². The van der Waals surface area contributed by atoms with Crippen molar-refractivity contribution in [2.75, 3.05) is 11.5 Å². The zero-order valence-corrected chi connectivity index (χ0v) is 24.6. The summed E-state index contributed by atoms with van der Waals surface area (Å²) in [4.78, 5) is 4.49. The Kier molecular flexibility index (Phi) is 6.80. The van der Waals surface area contributed by atoms with Crippen LogP contribution in [0.4, 0.5) is 11.4 Å². The lowest BCUT2D eigenvalue weighted by molar-refractivity contribution is 0.594. The third-order valence-electron chi connectivity index (χ3n) is 7.08. The maximum absolute atomic E-state index is 14.1. The van der Waals surface area contributed by atoms with Crippen LogP contribution in [0.1, 0.15) is 26.3 Å². The first-order valence-corrected chi connectivity index (χ1v) is 17.3. The zero-order valence-electron chi connectivity index (χ0n) is 21.1. The van der Waals surface area contributed by atoms with Crippen molar-refractivity contribution in [3.63, 3.8) is 0 Å². The van der Waals surface area contributed by atoms with Crippen LogP contribution in [0, 0.1) is 0 Å². The van der Waals surface area contributed by atoms with Gasteiger partial charge in [0.25, 0.3) is 0 Å². The van der Waals surface area contributed by atoms with E-state index >= 15 is 0 Å². The first-order valence-electron chi connectivity index (χ1n) is 12.5. The van der Waals surface area contributed by atoms with Gasteiger partial charge in [0, 0.05) is 48.5 Å². The number of hydrogen-bond acceptors (Lipinski definition) is 4. The largest absolute Gasteiger partial charge is 0.606 e. The number of rotatable bonds is 4. The molecule has 7 heteroatoms. The molecule has 0 aromatic heterocycles. The van der Waals surface area contributed by atoms with E-state index in [2.05, 4.69) is 75.4 Å². The molecule has 0 radical (unpaired) electrons. The normalized spacial score (nSPS) is 20.5. The van der Waals surface area contributed by atoms with Crippen molar-refractivity contribution in [1.29, 1.82) is 0 Å². The van der Waals surface area contributed by atoms with Crippen molar-refractivity contribution in [2.45, 2.75) is 58.1 Å². The Morgan fingerprint density at radius 3 is 2.22 bits per heavy atom. The smallest absolute Gasteiger partial charge is 0.171 e. The minimum absolute atomic E-state index is 0.313. The van der Waals surface area contributed by atoms with Gasteiger partial charge in [-0.1, -0.05) is 75.0 Å². The van der Waals surface area contributed by atoms with Crippen LogP contribution < -0.4 is 32.7 Å². The van der Waals surface area contributed by atoms with Gasteiger partial charge in [-0.2, -0.15) is 0 Å². The second kappa shape index (κ2) is 9.95. The summed E-state index contributed by atoms with van der Waals surface area (Å²) < 4.78 is 14.1. The molecule has 4 atom stereocenters. The van der Waals surface area contributed by atoms with E-state index in [9.17, 15) is 4.55 Å². The fourth-order valence-corrected chi connectivity index (χ4v) is 15.1. The molecule has 37 heavy (non-hydrogen) atoms. The Balaban J connectivity index is 1.47. The van der Waals surface area contributed by atoms with Gasteiger partial charge in [-0.15, -0.1) is 0 Å². The lowest BCUT2D eigenvalue weighted by atomic mass is 10.1. The van der Waals surface area contributed by atoms with Crippen LogP contribution in [0.15, 0.2) is 98.4 Å². The topological polar surface area (TPSA) is 75.1 Å². The molecule has 0 aliphatic carbocycles. The van der Waals surface area contributed by atoms with E-state index in [0.29, 0.717) is 11.3 Å². The Morgan fingerprint density at radius 2 is 1.43 bits per heavy atom. The Labute approximate surface area is 229 Å². The monoisotopic (exact) mass is 560 g/mol. The molecule has 0 bridgehead atoms. The standard InChI is InChI=1S/C30H30N2OP2S2/c1-18(2)34-24-11-5-7-14-27(24)37(33)30-20(15-16-22(32)29(30)34)17-19(3)35-23-10-4-6-12-25(23)36-26-13-8-9-21(31)28(26)35/h4-16,18-19H,17,31-32H2,1-3H3. The van der Waals surface area contributed by atoms with Gasteiger partial charge in [-0.25, -0.2) is 0 Å². The van der Waals surface area contributed by atoms with Gasteiger partial charge >= 0.3 is 0 Å². The molecule has 0 spiro atoms. The van der Waals surface area contributed by atoms with E-state index in [1.807, 2.05) is 36.0 Å². The number of nitrogens with two attached hydrogens (primary N) is 2. The quantitative estimate of drug-likeness (QED) is 0.191. The van der Waals surface area contributed by atoms with Gasteiger partial charge in [0.2, 0.25) is 0 Å². The van der Waals surface area contributed by atoms with E-state index in [4.69, 9.17) is 11.5 Å². The molecule has 2 aliphatic rings. The SMILES string of the molecule is CC(C)P1c2ccccc2[S+]([O-])c2c(CC(C)P3c4ccccc4Sc4cccc(N)c43)ccc(N)c21. The molecule has 3 nitrogen and oxygen atoms in total. The van der Waals surface area contributed by atoms with E-state index in [1.54, 1.807) is 0 Å². The molecule has 4 aromatic carbocycles. The minimum Gasteiger partial charge on any atom is -0.606 e. The predicted octanol–water partition coefficient (Wildman–Crippen LogP) is 5.70. The van der Waals surface area contributed by atoms with Gasteiger partial charge in [-0.05, 0) is 75.3 Å². The molecule has 0 fully saturated rings. The number of anilines is 2. The van der Waals surface area contributed by atoms with Gasteiger partial charge in [0.05, 0.1) is 5.30 Å². The summed E-state index contributed by atoms with van der Waals surface area (Å²) in [6, 6.07) is 27.4. The summed E-state index contributed by atoms with van der Waals surface area (Å²) in [6.07, 6.45) is 0.830. The van der Waals surface area contributed by atoms with Crippen LogP contribution >= 0.6 is 27.6 Å². The molecule has 188 valence electrons. The lowest BCUT2D eigenvalue weighted by Crippen LogP contribution is -2.35. The summed E-state index contributed by atoms with van der Waals surface area (Å²) in [5.74, 6) is 0. The average molecular weight is 561 g/mol. The number of benzene rings is 4. The molecule has 6 rings (SSSR count). The van der Waals surface area contributed by atoms with Crippen molar-refractivity contribution in [3.8, 4) is 0 Å². The number of hydrogen-bond donors (Lipinski definition) is 2. The third-order valence-corrected chi connectivity index (χ3v) is 16.3. The van der Waals surface area contributed by atoms with E-state index in [1.165, 1.54) is 25.7 Å². The third kappa shape index (κ3) is 4.20. The lowest BCUT2D eigenvalue weighted by Gasteiger charge is -2.35. The van der Waals surface area contributed by atoms with Crippen LogP contribution in [0.5, 0.6) is 0 Å². The molecule has 0 amide bonds.